The van der Waals surface area contributed by atoms with Gasteiger partial charge in [-0.15, -0.1) is 0 Å². The Balaban J connectivity index is 1.75. The maximum atomic E-state index is 12.4. The second-order valence-electron chi connectivity index (χ2n) is 7.95. The van der Waals surface area contributed by atoms with Gasteiger partial charge in [0.05, 0.1) is 7.11 Å². The molecule has 2 fully saturated rings. The van der Waals surface area contributed by atoms with E-state index in [1.807, 2.05) is 0 Å². The molecule has 0 saturated heterocycles. The van der Waals surface area contributed by atoms with Gasteiger partial charge in [-0.2, -0.15) is 0 Å². The van der Waals surface area contributed by atoms with Crippen molar-refractivity contribution in [2.45, 2.75) is 51.9 Å². The number of ether oxygens (including phenoxy) is 1. The van der Waals surface area contributed by atoms with Crippen molar-refractivity contribution in [3.05, 3.63) is 29.3 Å². The molecule has 2 heteroatoms. The quantitative estimate of drug-likeness (QED) is 0.769. The molecule has 0 N–H and O–H groups in total. The van der Waals surface area contributed by atoms with Crippen LogP contribution < -0.4 is 4.74 Å². The fourth-order valence-electron chi connectivity index (χ4n) is 5.85. The third kappa shape index (κ3) is 1.82. The fraction of sp³-hybridized carbons (Fsp3) is 0.650. The summed E-state index contributed by atoms with van der Waals surface area (Å²) in [7, 11) is 1.74. The van der Waals surface area contributed by atoms with Gasteiger partial charge in [0.15, 0.2) is 0 Å². The summed E-state index contributed by atoms with van der Waals surface area (Å²) in [5, 5.41) is 0. The lowest BCUT2D eigenvalue weighted by Crippen LogP contribution is -2.45. The van der Waals surface area contributed by atoms with E-state index in [4.69, 9.17) is 4.74 Å². The highest BCUT2D eigenvalue weighted by Crippen LogP contribution is 2.60. The molecular formula is C20H26O2. The molecule has 22 heavy (non-hydrogen) atoms. The molecule has 3 aliphatic carbocycles. The van der Waals surface area contributed by atoms with Gasteiger partial charge in [0.25, 0.3) is 0 Å². The smallest absolute Gasteiger partial charge is 0.139 e. The van der Waals surface area contributed by atoms with Crippen LogP contribution in [0.1, 0.15) is 56.6 Å². The molecule has 2 nitrogen and oxygen atoms in total. The van der Waals surface area contributed by atoms with Crippen LogP contribution in [-0.4, -0.2) is 12.9 Å². The van der Waals surface area contributed by atoms with Crippen molar-refractivity contribution in [3.63, 3.8) is 0 Å². The minimum atomic E-state index is -0.0284. The van der Waals surface area contributed by atoms with E-state index in [9.17, 15) is 4.79 Å². The van der Waals surface area contributed by atoms with Crippen molar-refractivity contribution in [2.75, 3.05) is 7.11 Å². The monoisotopic (exact) mass is 298 g/mol. The molecule has 1 aromatic rings. The fourth-order valence-corrected chi connectivity index (χ4v) is 5.85. The van der Waals surface area contributed by atoms with Crippen molar-refractivity contribution >= 4 is 5.78 Å². The number of carbonyl (C=O) groups excluding carboxylic acids is 1. The van der Waals surface area contributed by atoms with Crippen LogP contribution in [0, 0.1) is 23.2 Å². The van der Waals surface area contributed by atoms with Crippen LogP contribution in [0.2, 0.25) is 0 Å². The molecule has 118 valence electrons. The topological polar surface area (TPSA) is 26.3 Å². The third-order valence-corrected chi connectivity index (χ3v) is 6.99. The van der Waals surface area contributed by atoms with Crippen molar-refractivity contribution in [3.8, 4) is 5.75 Å². The minimum absolute atomic E-state index is 0.0284. The average molecular weight is 298 g/mol. The van der Waals surface area contributed by atoms with Crippen LogP contribution in [0.4, 0.5) is 0 Å². The van der Waals surface area contributed by atoms with E-state index in [0.29, 0.717) is 29.5 Å². The Kier molecular flexibility index (Phi) is 3.15. The Bertz CT molecular complexity index is 620. The van der Waals surface area contributed by atoms with E-state index in [1.165, 1.54) is 17.5 Å². The summed E-state index contributed by atoms with van der Waals surface area (Å²) in [6.07, 6.45) is 5.32. The van der Waals surface area contributed by atoms with E-state index >= 15 is 0 Å². The number of rotatable bonds is 1. The second kappa shape index (κ2) is 4.84. The van der Waals surface area contributed by atoms with Gasteiger partial charge in [0, 0.05) is 11.8 Å². The molecule has 5 unspecified atom stereocenters. The van der Waals surface area contributed by atoms with E-state index in [0.717, 1.165) is 31.4 Å². The van der Waals surface area contributed by atoms with E-state index in [-0.39, 0.29) is 5.41 Å². The van der Waals surface area contributed by atoms with Gasteiger partial charge in [0.1, 0.15) is 11.5 Å². The Morgan fingerprint density at radius 1 is 1.27 bits per heavy atom. The molecule has 2 saturated carbocycles. The number of carbonyl (C=O) groups is 1. The highest BCUT2D eigenvalue weighted by molar-refractivity contribution is 5.87. The van der Waals surface area contributed by atoms with Crippen LogP contribution in [0.3, 0.4) is 0 Å². The van der Waals surface area contributed by atoms with Crippen molar-refractivity contribution in [2.24, 2.45) is 23.2 Å². The zero-order valence-electron chi connectivity index (χ0n) is 13.9. The normalized spacial score (nSPS) is 39.9. The predicted molar refractivity (Wildman–Crippen MR) is 87.2 cm³/mol. The summed E-state index contributed by atoms with van der Waals surface area (Å²) >= 11 is 0. The largest absolute Gasteiger partial charge is 0.497 e. The third-order valence-electron chi connectivity index (χ3n) is 6.99. The van der Waals surface area contributed by atoms with Crippen LogP contribution in [0.25, 0.3) is 0 Å². The van der Waals surface area contributed by atoms with Gasteiger partial charge in [-0.1, -0.05) is 19.9 Å². The number of hydrogen-bond acceptors (Lipinski definition) is 2. The molecular weight excluding hydrogens is 272 g/mol. The van der Waals surface area contributed by atoms with Crippen LogP contribution in [-0.2, 0) is 11.2 Å². The SMILES string of the molecule is COc1ccc2c(c1)CC(C)C1C2CCC2(C)C(=O)CCC12. The molecule has 4 rings (SSSR count). The molecule has 0 radical (unpaired) electrons. The van der Waals surface area contributed by atoms with Crippen LogP contribution >= 0.6 is 0 Å². The van der Waals surface area contributed by atoms with E-state index < -0.39 is 0 Å². The number of ketones is 1. The van der Waals surface area contributed by atoms with Gasteiger partial charge in [-0.3, -0.25) is 4.79 Å². The molecule has 1 aromatic carbocycles. The Morgan fingerprint density at radius 3 is 2.86 bits per heavy atom. The van der Waals surface area contributed by atoms with Crippen LogP contribution in [0.15, 0.2) is 18.2 Å². The second-order valence-corrected chi connectivity index (χ2v) is 7.95. The van der Waals surface area contributed by atoms with Gasteiger partial charge >= 0.3 is 0 Å². The predicted octanol–water partition coefficient (Wildman–Crippen LogP) is 4.37. The molecule has 0 spiro atoms. The lowest BCUT2D eigenvalue weighted by molar-refractivity contribution is -0.129. The zero-order valence-corrected chi connectivity index (χ0v) is 13.9. The summed E-state index contributed by atoms with van der Waals surface area (Å²) in [6.45, 7) is 4.65. The highest BCUT2D eigenvalue weighted by atomic mass is 16.5. The van der Waals surface area contributed by atoms with Crippen LogP contribution in [0.5, 0.6) is 5.75 Å². The number of Topliss-reactive ketones (excluding diaryl/α,β-unsaturated/α-hetero) is 1. The highest BCUT2D eigenvalue weighted by Gasteiger charge is 2.56. The van der Waals surface area contributed by atoms with E-state index in [2.05, 4.69) is 32.0 Å². The van der Waals surface area contributed by atoms with Crippen molar-refractivity contribution < 1.29 is 9.53 Å². The summed E-state index contributed by atoms with van der Waals surface area (Å²) in [5.41, 5.74) is 2.98. The molecule has 3 aliphatic rings. The lowest BCUT2D eigenvalue weighted by Gasteiger charge is -2.51. The van der Waals surface area contributed by atoms with Gasteiger partial charge < -0.3 is 4.74 Å². The summed E-state index contributed by atoms with van der Waals surface area (Å²) in [5.74, 6) is 4.11. The summed E-state index contributed by atoms with van der Waals surface area (Å²) in [4.78, 5) is 12.4. The maximum absolute atomic E-state index is 12.4. The number of benzene rings is 1. The Morgan fingerprint density at radius 2 is 2.09 bits per heavy atom. The lowest BCUT2D eigenvalue weighted by atomic mass is 9.53. The van der Waals surface area contributed by atoms with Gasteiger partial charge in [-0.05, 0) is 72.6 Å². The summed E-state index contributed by atoms with van der Waals surface area (Å²) < 4.78 is 5.41. The van der Waals surface area contributed by atoms with Crippen molar-refractivity contribution in [1.82, 2.24) is 0 Å². The molecule has 5 atom stereocenters. The molecule has 0 aromatic heterocycles. The molecule has 0 bridgehead atoms. The molecule has 0 heterocycles. The number of fused-ring (bicyclic) bond motifs is 5. The first-order valence-electron chi connectivity index (χ1n) is 8.74. The van der Waals surface area contributed by atoms with Gasteiger partial charge in [0.2, 0.25) is 0 Å². The Hall–Kier alpha value is -1.31. The first-order chi connectivity index (χ1) is 10.5. The minimum Gasteiger partial charge on any atom is -0.497 e. The summed E-state index contributed by atoms with van der Waals surface area (Å²) in [6, 6.07) is 6.63. The molecule has 0 amide bonds. The standard InChI is InChI=1S/C20H26O2/c1-12-10-13-11-14(22-3)4-5-15(13)16-8-9-20(2)17(19(12)16)6-7-18(20)21/h4-5,11-12,16-17,19H,6-10H2,1-3H3. The molecule has 0 aliphatic heterocycles. The number of hydrogen-bond donors (Lipinski definition) is 0. The first-order valence-corrected chi connectivity index (χ1v) is 8.74. The first kappa shape index (κ1) is 14.3. The van der Waals surface area contributed by atoms with Crippen molar-refractivity contribution in [1.29, 1.82) is 0 Å². The maximum Gasteiger partial charge on any atom is 0.139 e. The van der Waals surface area contributed by atoms with Gasteiger partial charge in [-0.25, -0.2) is 0 Å². The zero-order chi connectivity index (χ0) is 15.5. The average Bonchev–Trinajstić information content (AvgIpc) is 2.82. The Labute approximate surface area is 133 Å². The van der Waals surface area contributed by atoms with E-state index in [1.54, 1.807) is 7.11 Å². The number of methoxy groups -OCH3 is 1.